The number of nitrogens with zero attached hydrogens (tertiary/aromatic N) is 1. The molecule has 5 heteroatoms. The van der Waals surface area contributed by atoms with Crippen molar-refractivity contribution in [1.29, 1.82) is 0 Å². The van der Waals surface area contributed by atoms with Crippen LogP contribution in [0.3, 0.4) is 0 Å². The van der Waals surface area contributed by atoms with Crippen molar-refractivity contribution in [3.05, 3.63) is 0 Å². The van der Waals surface area contributed by atoms with Crippen LogP contribution in [-0.2, 0) is 9.59 Å². The van der Waals surface area contributed by atoms with Crippen LogP contribution in [-0.4, -0.2) is 42.6 Å². The molecule has 0 atom stereocenters. The van der Waals surface area contributed by atoms with Crippen LogP contribution in [0.1, 0.15) is 19.3 Å². The maximum Gasteiger partial charge on any atom is 0.317 e. The van der Waals surface area contributed by atoms with E-state index in [1.807, 2.05) is 0 Å². The van der Waals surface area contributed by atoms with Gasteiger partial charge in [-0.25, -0.2) is 4.79 Å². The minimum Gasteiger partial charge on any atom is -0.334 e. The molecule has 78 valence electrons. The molecule has 1 N–H and O–H groups in total. The molecule has 0 heterocycles. The Bertz CT molecular complexity index is 257. The first-order chi connectivity index (χ1) is 6.49. The molecule has 0 bridgehead atoms. The molecule has 5 nitrogen and oxygen atoms in total. The number of ketones is 2. The maximum absolute atomic E-state index is 11.2. The van der Waals surface area contributed by atoms with Crippen molar-refractivity contribution in [3.63, 3.8) is 0 Å². The van der Waals surface area contributed by atoms with Crippen LogP contribution in [0.5, 0.6) is 0 Å². The van der Waals surface area contributed by atoms with Crippen molar-refractivity contribution in [2.75, 3.05) is 14.1 Å². The first-order valence-electron chi connectivity index (χ1n) is 4.50. The first kappa shape index (κ1) is 10.7. The van der Waals surface area contributed by atoms with Crippen LogP contribution >= 0.6 is 0 Å². The lowest BCUT2D eigenvalue weighted by Crippen LogP contribution is -2.45. The third kappa shape index (κ3) is 2.83. The molecular formula is C9H14N2O3. The van der Waals surface area contributed by atoms with E-state index in [-0.39, 0.29) is 42.9 Å². The predicted octanol–water partition coefficient (Wildman–Crippen LogP) is -0.0517. The first-order valence-corrected chi connectivity index (χ1v) is 4.50. The molecule has 2 amide bonds. The molecule has 1 fully saturated rings. The van der Waals surface area contributed by atoms with Crippen LogP contribution in [0.4, 0.5) is 4.79 Å². The molecule has 14 heavy (non-hydrogen) atoms. The Hall–Kier alpha value is -1.39. The Labute approximate surface area is 82.4 Å². The van der Waals surface area contributed by atoms with Gasteiger partial charge in [-0.1, -0.05) is 0 Å². The molecule has 1 aliphatic carbocycles. The van der Waals surface area contributed by atoms with Crippen molar-refractivity contribution >= 4 is 17.6 Å². The fourth-order valence-electron chi connectivity index (χ4n) is 1.39. The van der Waals surface area contributed by atoms with Crippen LogP contribution in [0, 0.1) is 0 Å². The van der Waals surface area contributed by atoms with E-state index in [4.69, 9.17) is 0 Å². The maximum atomic E-state index is 11.2. The zero-order valence-corrected chi connectivity index (χ0v) is 8.37. The molecular weight excluding hydrogens is 184 g/mol. The lowest BCUT2D eigenvalue weighted by molar-refractivity contribution is -0.130. The summed E-state index contributed by atoms with van der Waals surface area (Å²) in [4.78, 5) is 34.7. The number of rotatable bonds is 1. The van der Waals surface area contributed by atoms with Crippen molar-refractivity contribution in [2.45, 2.75) is 25.3 Å². The van der Waals surface area contributed by atoms with Crippen molar-refractivity contribution in [3.8, 4) is 0 Å². The van der Waals surface area contributed by atoms with E-state index in [0.717, 1.165) is 0 Å². The lowest BCUT2D eigenvalue weighted by Gasteiger charge is -2.23. The third-order valence-corrected chi connectivity index (χ3v) is 2.08. The summed E-state index contributed by atoms with van der Waals surface area (Å²) < 4.78 is 0. The predicted molar refractivity (Wildman–Crippen MR) is 49.9 cm³/mol. The highest BCUT2D eigenvalue weighted by atomic mass is 16.2. The minimum absolute atomic E-state index is 0.0222. The number of amides is 2. The summed E-state index contributed by atoms with van der Waals surface area (Å²) in [5.41, 5.74) is 0. The summed E-state index contributed by atoms with van der Waals surface area (Å²) in [6, 6.07) is -0.587. The van der Waals surface area contributed by atoms with Gasteiger partial charge < -0.3 is 10.2 Å². The van der Waals surface area contributed by atoms with Crippen molar-refractivity contribution in [1.82, 2.24) is 10.2 Å². The van der Waals surface area contributed by atoms with E-state index in [9.17, 15) is 14.4 Å². The van der Waals surface area contributed by atoms with Gasteiger partial charge in [0.15, 0.2) is 0 Å². The smallest absolute Gasteiger partial charge is 0.317 e. The summed E-state index contributed by atoms with van der Waals surface area (Å²) in [5, 5.41) is 2.62. The normalized spacial score (nSPS) is 18.1. The lowest BCUT2D eigenvalue weighted by atomic mass is 9.93. The third-order valence-electron chi connectivity index (χ3n) is 2.08. The zero-order valence-electron chi connectivity index (χ0n) is 8.37. The van der Waals surface area contributed by atoms with Crippen LogP contribution in [0.2, 0.25) is 0 Å². The number of Topliss-reactive ketones (excluding diaryl/α,β-unsaturated/α-hetero) is 2. The number of urea groups is 1. The molecule has 0 aromatic rings. The van der Waals surface area contributed by atoms with Crippen LogP contribution < -0.4 is 5.32 Å². The zero-order chi connectivity index (χ0) is 10.7. The van der Waals surface area contributed by atoms with E-state index < -0.39 is 0 Å². The Kier molecular flexibility index (Phi) is 3.22. The highest BCUT2D eigenvalue weighted by Gasteiger charge is 2.26. The number of hydrogen-bond acceptors (Lipinski definition) is 3. The second-order valence-corrected chi connectivity index (χ2v) is 3.70. The second kappa shape index (κ2) is 4.21. The summed E-state index contributed by atoms with van der Waals surface area (Å²) in [6.45, 7) is 0. The molecule has 0 spiro atoms. The van der Waals surface area contributed by atoms with Crippen molar-refractivity contribution in [2.24, 2.45) is 0 Å². The van der Waals surface area contributed by atoms with E-state index in [1.165, 1.54) is 4.90 Å². The summed E-state index contributed by atoms with van der Waals surface area (Å²) in [6.07, 6.45) is 0.560. The quantitative estimate of drug-likeness (QED) is 0.601. The molecule has 0 saturated heterocycles. The fraction of sp³-hybridized carbons (Fsp3) is 0.667. The highest BCUT2D eigenvalue weighted by Crippen LogP contribution is 2.11. The summed E-state index contributed by atoms with van der Waals surface area (Å²) in [7, 11) is 3.23. The van der Waals surface area contributed by atoms with Crippen LogP contribution in [0.15, 0.2) is 0 Å². The van der Waals surface area contributed by atoms with Gasteiger partial charge in [0.1, 0.15) is 11.6 Å². The number of hydrogen-bond donors (Lipinski definition) is 1. The molecule has 0 aromatic carbocycles. The Morgan fingerprint density at radius 2 is 1.79 bits per heavy atom. The number of carbonyl (C=O) groups is 3. The van der Waals surface area contributed by atoms with E-state index in [2.05, 4.69) is 5.32 Å². The number of nitrogens with one attached hydrogen (secondary N) is 1. The topological polar surface area (TPSA) is 66.5 Å². The second-order valence-electron chi connectivity index (χ2n) is 3.70. The number of carbonyl (C=O) groups excluding carboxylic acids is 3. The van der Waals surface area contributed by atoms with Gasteiger partial charge in [0.25, 0.3) is 0 Å². The van der Waals surface area contributed by atoms with Gasteiger partial charge in [0.05, 0.1) is 6.42 Å². The summed E-state index contributed by atoms with van der Waals surface area (Å²) in [5.74, 6) is -0.185. The van der Waals surface area contributed by atoms with Gasteiger partial charge >= 0.3 is 6.03 Å². The van der Waals surface area contributed by atoms with Gasteiger partial charge in [0, 0.05) is 33.0 Å². The highest BCUT2D eigenvalue weighted by molar-refractivity contribution is 6.02. The van der Waals surface area contributed by atoms with Gasteiger partial charge in [-0.05, 0) is 0 Å². The molecule has 0 unspecified atom stereocenters. The van der Waals surface area contributed by atoms with Gasteiger partial charge in [-0.15, -0.1) is 0 Å². The van der Waals surface area contributed by atoms with E-state index in [0.29, 0.717) is 0 Å². The average Bonchev–Trinajstić information content (AvgIpc) is 2.01. The standard InChI is InChI=1S/C9H14N2O3/c1-11(2)9(14)10-6-3-7(12)5-8(13)4-6/h6H,3-5H2,1-2H3,(H,10,14). The van der Waals surface area contributed by atoms with E-state index in [1.54, 1.807) is 14.1 Å². The van der Waals surface area contributed by atoms with Gasteiger partial charge in [-0.3, -0.25) is 9.59 Å². The van der Waals surface area contributed by atoms with Gasteiger partial charge in [0.2, 0.25) is 0 Å². The molecule has 0 radical (unpaired) electrons. The largest absolute Gasteiger partial charge is 0.334 e. The molecule has 1 rings (SSSR count). The SMILES string of the molecule is CN(C)C(=O)NC1CC(=O)CC(=O)C1. The molecule has 0 aromatic heterocycles. The molecule has 0 aliphatic heterocycles. The van der Waals surface area contributed by atoms with Gasteiger partial charge in [-0.2, -0.15) is 0 Å². The molecule has 1 aliphatic rings. The average molecular weight is 198 g/mol. The van der Waals surface area contributed by atoms with Crippen LogP contribution in [0.25, 0.3) is 0 Å². The minimum atomic E-state index is -0.321. The monoisotopic (exact) mass is 198 g/mol. The Morgan fingerprint density at radius 3 is 2.21 bits per heavy atom. The fourth-order valence-corrected chi connectivity index (χ4v) is 1.39. The summed E-state index contributed by atoms with van der Waals surface area (Å²) >= 11 is 0. The van der Waals surface area contributed by atoms with E-state index >= 15 is 0 Å². The Balaban J connectivity index is 2.49. The molecule has 1 saturated carbocycles. The Morgan fingerprint density at radius 1 is 1.29 bits per heavy atom. The van der Waals surface area contributed by atoms with Crippen molar-refractivity contribution < 1.29 is 14.4 Å².